The molecule has 0 radical (unpaired) electrons. The van der Waals surface area contributed by atoms with Crippen molar-refractivity contribution in [3.63, 3.8) is 0 Å². The maximum Gasteiger partial charge on any atom is 0.606 e. The molecular formula is C4F10NO+. The van der Waals surface area contributed by atoms with E-state index < -0.39 is 29.2 Å². The third kappa shape index (κ3) is 2.19. The molecule has 0 aromatic heterocycles. The Bertz CT molecular complexity index is 258. The number of rotatable bonds is 2. The third-order valence-electron chi connectivity index (χ3n) is 1.19. The van der Waals surface area contributed by atoms with Crippen molar-refractivity contribution in [3.05, 3.63) is 4.91 Å². The highest BCUT2D eigenvalue weighted by Gasteiger charge is 2.85. The van der Waals surface area contributed by atoms with Gasteiger partial charge in [-0.3, -0.25) is 0 Å². The van der Waals surface area contributed by atoms with Crippen molar-refractivity contribution in [2.75, 3.05) is 0 Å². The van der Waals surface area contributed by atoms with Crippen LogP contribution in [-0.4, -0.2) is 29.2 Å². The second-order valence-electron chi connectivity index (χ2n) is 2.37. The molecule has 0 atom stereocenters. The van der Waals surface area contributed by atoms with E-state index >= 15 is 0 Å². The van der Waals surface area contributed by atoms with Crippen molar-refractivity contribution in [2.45, 2.75) is 24.4 Å². The van der Waals surface area contributed by atoms with Crippen molar-refractivity contribution < 1.29 is 48.7 Å². The third-order valence-corrected chi connectivity index (χ3v) is 1.19. The fourth-order valence-electron chi connectivity index (χ4n) is 0.407. The van der Waals surface area contributed by atoms with E-state index in [1.54, 1.807) is 0 Å². The van der Waals surface area contributed by atoms with Gasteiger partial charge in [0, 0.05) is 4.91 Å². The molecule has 0 heterocycles. The lowest BCUT2D eigenvalue weighted by atomic mass is 10.4. The molecule has 16 heavy (non-hydrogen) atoms. The first kappa shape index (κ1) is 14.9. The first-order valence-corrected chi connectivity index (χ1v) is 3.02. The highest BCUT2D eigenvalue weighted by Crippen LogP contribution is 2.45. The minimum atomic E-state index is -6.86. The number of halogens is 10. The van der Waals surface area contributed by atoms with E-state index in [1.807, 2.05) is 0 Å². The maximum absolute atomic E-state index is 11.9. The summed E-state index contributed by atoms with van der Waals surface area (Å²) >= 11 is 0. The largest absolute Gasteiger partial charge is 0.606 e. The fourth-order valence-corrected chi connectivity index (χ4v) is 0.407. The first-order chi connectivity index (χ1) is 6.65. The molecule has 96 valence electrons. The standard InChI is InChI=1S/C4F10NO/c5-1(6,7)3(11,12)15(16)4(13,14)2(8,9)10/q+1. The molecule has 0 aliphatic heterocycles. The van der Waals surface area contributed by atoms with Crippen LogP contribution in [0.1, 0.15) is 0 Å². The Morgan fingerprint density at radius 2 is 0.750 bits per heavy atom. The Hall–Kier alpha value is -1.10. The zero-order valence-corrected chi connectivity index (χ0v) is 6.64. The summed E-state index contributed by atoms with van der Waals surface area (Å²) in [6, 6.07) is -13.7. The average Bonchev–Trinajstić information content (AvgIpc) is 1.98. The molecule has 0 aliphatic rings. The second kappa shape index (κ2) is 3.45. The van der Waals surface area contributed by atoms with E-state index in [0.29, 0.717) is 0 Å². The quantitative estimate of drug-likeness (QED) is 0.428. The zero-order valence-electron chi connectivity index (χ0n) is 6.64. The summed E-state index contributed by atoms with van der Waals surface area (Å²) in [4.78, 5) is 9.76. The summed E-state index contributed by atoms with van der Waals surface area (Å²) in [7, 11) is 0. The van der Waals surface area contributed by atoms with Crippen LogP contribution in [0.3, 0.4) is 0 Å². The highest BCUT2D eigenvalue weighted by molar-refractivity contribution is 4.69. The van der Waals surface area contributed by atoms with Gasteiger partial charge in [-0.2, -0.15) is 26.3 Å². The van der Waals surface area contributed by atoms with Crippen molar-refractivity contribution in [3.8, 4) is 0 Å². The molecule has 0 saturated heterocycles. The molecule has 0 aliphatic carbocycles. The monoisotopic (exact) mass is 268 g/mol. The van der Waals surface area contributed by atoms with Gasteiger partial charge in [-0.1, -0.05) is 0 Å². The van der Waals surface area contributed by atoms with Gasteiger partial charge in [0.25, 0.3) is 0 Å². The topological polar surface area (TPSA) is 20.1 Å². The van der Waals surface area contributed by atoms with Gasteiger partial charge in [-0.15, -0.1) is 17.6 Å². The van der Waals surface area contributed by atoms with Gasteiger partial charge in [0.05, 0.1) is 0 Å². The van der Waals surface area contributed by atoms with Gasteiger partial charge in [-0.05, 0) is 0 Å². The molecule has 0 amide bonds. The smallest absolute Gasteiger partial charge is 0.159 e. The van der Waals surface area contributed by atoms with Crippen molar-refractivity contribution in [1.82, 2.24) is 0 Å². The van der Waals surface area contributed by atoms with E-state index in [4.69, 9.17) is 0 Å². The van der Waals surface area contributed by atoms with Crippen LogP contribution in [0.25, 0.3) is 0 Å². The van der Waals surface area contributed by atoms with Crippen LogP contribution in [0.5, 0.6) is 0 Å². The molecule has 0 rings (SSSR count). The maximum atomic E-state index is 11.9. The molecule has 0 saturated carbocycles. The van der Waals surface area contributed by atoms with Gasteiger partial charge < -0.3 is 0 Å². The summed E-state index contributed by atoms with van der Waals surface area (Å²) in [5, 5.41) is 0. The van der Waals surface area contributed by atoms with E-state index in [1.165, 1.54) is 0 Å². The van der Waals surface area contributed by atoms with Crippen LogP contribution in [0.15, 0.2) is 0 Å². The van der Waals surface area contributed by atoms with Gasteiger partial charge in [-0.25, -0.2) is 0 Å². The summed E-state index contributed by atoms with van der Waals surface area (Å²) in [6.07, 6.45) is -13.7. The van der Waals surface area contributed by atoms with Crippen molar-refractivity contribution >= 4 is 0 Å². The molecule has 0 N–H and O–H groups in total. The Kier molecular flexibility index (Phi) is 3.21. The van der Waals surface area contributed by atoms with E-state index in [2.05, 4.69) is 0 Å². The van der Waals surface area contributed by atoms with Crippen LogP contribution in [0.4, 0.5) is 43.9 Å². The lowest BCUT2D eigenvalue weighted by Gasteiger charge is -2.16. The predicted octanol–water partition coefficient (Wildman–Crippen LogP) is 3.08. The Morgan fingerprint density at radius 3 is 0.875 bits per heavy atom. The van der Waals surface area contributed by atoms with Gasteiger partial charge in [0.1, 0.15) is 0 Å². The van der Waals surface area contributed by atoms with Crippen LogP contribution < -0.4 is 0 Å². The number of alkyl halides is 10. The molecular weight excluding hydrogens is 268 g/mol. The Labute approximate surface area is 79.4 Å². The molecule has 2 nitrogen and oxygen atoms in total. The molecule has 0 aromatic carbocycles. The number of nitroso groups, excluding NO2 is 1. The van der Waals surface area contributed by atoms with Gasteiger partial charge in [0.2, 0.25) is 0 Å². The minimum absolute atomic E-state index is 3.62. The number of nitrogens with zero attached hydrogens (tertiary/aromatic N) is 1. The Balaban J connectivity index is 5.40. The lowest BCUT2D eigenvalue weighted by molar-refractivity contribution is -0.835. The van der Waals surface area contributed by atoms with Gasteiger partial charge in [0.15, 0.2) is 4.76 Å². The van der Waals surface area contributed by atoms with E-state index in [-0.39, 0.29) is 0 Å². The highest BCUT2D eigenvalue weighted by atomic mass is 19.4. The van der Waals surface area contributed by atoms with Crippen LogP contribution in [0.2, 0.25) is 0 Å². The summed E-state index contributed by atoms with van der Waals surface area (Å²) in [5.74, 6) is 0. The van der Waals surface area contributed by atoms with Crippen molar-refractivity contribution in [2.24, 2.45) is 0 Å². The van der Waals surface area contributed by atoms with Crippen LogP contribution >= 0.6 is 0 Å². The van der Waals surface area contributed by atoms with Crippen LogP contribution in [-0.2, 0) is 0 Å². The minimum Gasteiger partial charge on any atom is -0.159 e. The fraction of sp³-hybridized carbons (Fsp3) is 1.00. The summed E-state index contributed by atoms with van der Waals surface area (Å²) < 4.78 is 112. The molecule has 0 aromatic rings. The molecule has 12 heteroatoms. The van der Waals surface area contributed by atoms with Gasteiger partial charge >= 0.3 is 24.4 Å². The average molecular weight is 268 g/mol. The van der Waals surface area contributed by atoms with E-state index in [9.17, 15) is 48.8 Å². The summed E-state index contributed by atoms with van der Waals surface area (Å²) in [6.45, 7) is 0. The molecule has 0 spiro atoms. The summed E-state index contributed by atoms with van der Waals surface area (Å²) in [5.41, 5.74) is 0. The van der Waals surface area contributed by atoms with E-state index in [0.717, 1.165) is 0 Å². The SMILES string of the molecule is O=[N+](C(F)(F)C(F)(F)F)C(F)(F)C(F)(F)F. The first-order valence-electron chi connectivity index (χ1n) is 3.02. The number of hydrogen-bond acceptors (Lipinski definition) is 1. The molecule has 0 unspecified atom stereocenters. The second-order valence-corrected chi connectivity index (χ2v) is 2.37. The lowest BCUT2D eigenvalue weighted by Crippen LogP contribution is -2.58. The molecule has 0 fully saturated rings. The normalized spacial score (nSPS) is 15.1. The van der Waals surface area contributed by atoms with Crippen molar-refractivity contribution in [1.29, 1.82) is 0 Å². The number of hydrogen-bond donors (Lipinski definition) is 0. The zero-order chi connectivity index (χ0) is 13.6. The molecule has 0 bridgehead atoms. The Morgan fingerprint density at radius 1 is 0.562 bits per heavy atom. The van der Waals surface area contributed by atoms with Crippen LogP contribution in [0, 0.1) is 4.91 Å². The predicted molar refractivity (Wildman–Crippen MR) is 25.6 cm³/mol.